The van der Waals surface area contributed by atoms with Crippen LogP contribution in [-0.2, 0) is 9.53 Å². The number of ether oxygens (including phenoxy) is 3. The average Bonchev–Trinajstić information content (AvgIpc) is 2.69. The summed E-state index contributed by atoms with van der Waals surface area (Å²) in [6, 6.07) is 14.9. The monoisotopic (exact) mass is 386 g/mol. The molecule has 152 valence electrons. The van der Waals surface area contributed by atoms with Gasteiger partial charge < -0.3 is 24.8 Å². The number of hydrogen-bond acceptors (Lipinski definition) is 5. The minimum Gasteiger partial charge on any atom is -0.493 e. The molecule has 0 aliphatic heterocycles. The summed E-state index contributed by atoms with van der Waals surface area (Å²) in [5.74, 6) is 1.84. The predicted octanol–water partition coefficient (Wildman–Crippen LogP) is 4.19. The second-order valence-electron chi connectivity index (χ2n) is 6.70. The molecule has 0 saturated carbocycles. The van der Waals surface area contributed by atoms with E-state index in [1.54, 1.807) is 0 Å². The van der Waals surface area contributed by atoms with Crippen molar-refractivity contribution >= 4 is 17.3 Å². The van der Waals surface area contributed by atoms with Crippen molar-refractivity contribution in [1.82, 2.24) is 0 Å². The van der Waals surface area contributed by atoms with Gasteiger partial charge in [-0.1, -0.05) is 19.9 Å². The molecule has 2 aromatic rings. The number of rotatable bonds is 12. The zero-order chi connectivity index (χ0) is 20.2. The zero-order valence-corrected chi connectivity index (χ0v) is 16.9. The minimum atomic E-state index is -0.127. The van der Waals surface area contributed by atoms with Gasteiger partial charge in [0.15, 0.2) is 0 Å². The van der Waals surface area contributed by atoms with Crippen molar-refractivity contribution < 1.29 is 19.0 Å². The zero-order valence-electron chi connectivity index (χ0n) is 16.9. The van der Waals surface area contributed by atoms with Crippen molar-refractivity contribution in [3.63, 3.8) is 0 Å². The molecule has 1 amide bonds. The third-order valence-corrected chi connectivity index (χ3v) is 3.71. The molecule has 2 rings (SSSR count). The summed E-state index contributed by atoms with van der Waals surface area (Å²) in [5, 5.41) is 5.97. The first-order chi connectivity index (χ1) is 13.6. The van der Waals surface area contributed by atoms with Crippen LogP contribution in [0.4, 0.5) is 11.4 Å². The Kier molecular flexibility index (Phi) is 9.15. The van der Waals surface area contributed by atoms with Crippen LogP contribution in [0.25, 0.3) is 0 Å². The molecule has 6 heteroatoms. The Balaban J connectivity index is 1.75. The highest BCUT2D eigenvalue weighted by molar-refractivity contribution is 5.93. The quantitative estimate of drug-likeness (QED) is 0.536. The van der Waals surface area contributed by atoms with Crippen LogP contribution in [0, 0.1) is 5.92 Å². The maximum absolute atomic E-state index is 12.2. The topological polar surface area (TPSA) is 68.8 Å². The molecule has 0 aromatic heterocycles. The largest absolute Gasteiger partial charge is 0.493 e. The summed E-state index contributed by atoms with van der Waals surface area (Å²) in [5.41, 5.74) is 1.56. The first kappa shape index (κ1) is 21.6. The van der Waals surface area contributed by atoms with Gasteiger partial charge >= 0.3 is 0 Å². The number of nitrogens with one attached hydrogen (secondary N) is 2. The molecular weight excluding hydrogens is 356 g/mol. The van der Waals surface area contributed by atoms with Crippen LogP contribution in [-0.4, -0.2) is 38.9 Å². The summed E-state index contributed by atoms with van der Waals surface area (Å²) in [6.45, 7) is 8.72. The Hall–Kier alpha value is -2.73. The van der Waals surface area contributed by atoms with Crippen LogP contribution in [0.1, 0.15) is 20.8 Å². The fraction of sp³-hybridized carbons (Fsp3) is 0.409. The fourth-order valence-electron chi connectivity index (χ4n) is 2.35. The summed E-state index contributed by atoms with van der Waals surface area (Å²) in [4.78, 5) is 12.2. The van der Waals surface area contributed by atoms with Gasteiger partial charge in [0, 0.05) is 24.0 Å². The Morgan fingerprint density at radius 2 is 1.75 bits per heavy atom. The summed E-state index contributed by atoms with van der Waals surface area (Å²) in [6.07, 6.45) is 0. The summed E-state index contributed by atoms with van der Waals surface area (Å²) < 4.78 is 16.5. The first-order valence-electron chi connectivity index (χ1n) is 9.64. The van der Waals surface area contributed by atoms with Gasteiger partial charge in [-0.05, 0) is 49.2 Å². The molecule has 28 heavy (non-hydrogen) atoms. The lowest BCUT2D eigenvalue weighted by Crippen LogP contribution is -2.21. The van der Waals surface area contributed by atoms with Gasteiger partial charge in [-0.15, -0.1) is 0 Å². The Bertz CT molecular complexity index is 717. The molecule has 2 N–H and O–H groups in total. The number of carbonyl (C=O) groups is 1. The number of amides is 1. The normalized spacial score (nSPS) is 10.6. The summed E-state index contributed by atoms with van der Waals surface area (Å²) in [7, 11) is 0. The molecule has 0 bridgehead atoms. The van der Waals surface area contributed by atoms with Gasteiger partial charge in [-0.2, -0.15) is 0 Å². The molecule has 0 heterocycles. The lowest BCUT2D eigenvalue weighted by Gasteiger charge is -2.11. The number of anilines is 2. The van der Waals surface area contributed by atoms with Crippen molar-refractivity contribution in [2.24, 2.45) is 5.92 Å². The van der Waals surface area contributed by atoms with Crippen LogP contribution in [0.5, 0.6) is 11.5 Å². The molecule has 2 aromatic carbocycles. The van der Waals surface area contributed by atoms with Crippen LogP contribution in [0.15, 0.2) is 48.5 Å². The highest BCUT2D eigenvalue weighted by Gasteiger charge is 2.05. The first-order valence-corrected chi connectivity index (χ1v) is 9.64. The third kappa shape index (κ3) is 8.31. The Morgan fingerprint density at radius 3 is 2.46 bits per heavy atom. The van der Waals surface area contributed by atoms with E-state index in [1.165, 1.54) is 0 Å². The van der Waals surface area contributed by atoms with Crippen LogP contribution in [0.3, 0.4) is 0 Å². The molecule has 0 spiro atoms. The highest BCUT2D eigenvalue weighted by Crippen LogP contribution is 2.18. The molecule has 6 nitrogen and oxygen atoms in total. The van der Waals surface area contributed by atoms with Crippen LogP contribution in [0.2, 0.25) is 0 Å². The average molecular weight is 386 g/mol. The van der Waals surface area contributed by atoms with Crippen molar-refractivity contribution in [2.45, 2.75) is 20.8 Å². The maximum atomic E-state index is 12.2. The van der Waals surface area contributed by atoms with Crippen molar-refractivity contribution in [2.75, 3.05) is 43.6 Å². The van der Waals surface area contributed by atoms with E-state index >= 15 is 0 Å². The van der Waals surface area contributed by atoms with Crippen LogP contribution >= 0.6 is 0 Å². The number of carbonyl (C=O) groups excluding carboxylic acids is 1. The van der Waals surface area contributed by atoms with E-state index in [2.05, 4.69) is 24.5 Å². The molecular formula is C22H30N2O4. The molecule has 0 aliphatic carbocycles. The number of hydrogen-bond donors (Lipinski definition) is 2. The van der Waals surface area contributed by atoms with E-state index in [4.69, 9.17) is 14.2 Å². The highest BCUT2D eigenvalue weighted by atomic mass is 16.5. The molecule has 0 radical (unpaired) electrons. The van der Waals surface area contributed by atoms with Crippen molar-refractivity contribution in [1.29, 1.82) is 0 Å². The molecule has 0 unspecified atom stereocenters. The van der Waals surface area contributed by atoms with Gasteiger partial charge in [0.2, 0.25) is 5.91 Å². The van der Waals surface area contributed by atoms with Crippen molar-refractivity contribution in [3.8, 4) is 11.5 Å². The van der Waals surface area contributed by atoms with Gasteiger partial charge in [0.25, 0.3) is 0 Å². The van der Waals surface area contributed by atoms with E-state index in [9.17, 15) is 4.79 Å². The maximum Gasteiger partial charge on any atom is 0.243 e. The second-order valence-corrected chi connectivity index (χ2v) is 6.70. The Labute approximate surface area is 167 Å². The van der Waals surface area contributed by atoms with E-state index in [0.717, 1.165) is 17.2 Å². The van der Waals surface area contributed by atoms with Gasteiger partial charge in [-0.25, -0.2) is 0 Å². The molecule has 0 saturated heterocycles. The van der Waals surface area contributed by atoms with Crippen molar-refractivity contribution in [3.05, 3.63) is 48.5 Å². The lowest BCUT2D eigenvalue weighted by atomic mass is 10.2. The predicted molar refractivity (Wildman–Crippen MR) is 112 cm³/mol. The lowest BCUT2D eigenvalue weighted by molar-refractivity contribution is -0.114. The van der Waals surface area contributed by atoms with Gasteiger partial charge in [-0.3, -0.25) is 4.79 Å². The number of benzene rings is 2. The van der Waals surface area contributed by atoms with Crippen LogP contribution < -0.4 is 20.1 Å². The third-order valence-electron chi connectivity index (χ3n) is 3.71. The van der Waals surface area contributed by atoms with Gasteiger partial charge in [0.05, 0.1) is 19.8 Å². The molecule has 0 fully saturated rings. The molecule has 0 aliphatic rings. The summed E-state index contributed by atoms with van der Waals surface area (Å²) >= 11 is 0. The van der Waals surface area contributed by atoms with E-state index in [1.807, 2.05) is 55.5 Å². The SMILES string of the molecule is CCOCCOc1ccc(NCC(=O)Nc2cccc(OCC(C)C)c2)cc1. The second kappa shape index (κ2) is 11.9. The van der Waals surface area contributed by atoms with E-state index in [0.29, 0.717) is 38.0 Å². The molecule has 0 atom stereocenters. The van der Waals surface area contributed by atoms with E-state index in [-0.39, 0.29) is 12.5 Å². The van der Waals surface area contributed by atoms with E-state index < -0.39 is 0 Å². The smallest absolute Gasteiger partial charge is 0.243 e. The standard InChI is InChI=1S/C22H30N2O4/c1-4-26-12-13-27-20-10-8-18(9-11-20)23-15-22(25)24-19-6-5-7-21(14-19)28-16-17(2)3/h5-11,14,17,23H,4,12-13,15-16H2,1-3H3,(H,24,25). The van der Waals surface area contributed by atoms with Gasteiger partial charge in [0.1, 0.15) is 18.1 Å². The minimum absolute atomic E-state index is 0.127. The fourth-order valence-corrected chi connectivity index (χ4v) is 2.35. The Morgan fingerprint density at radius 1 is 0.964 bits per heavy atom.